The van der Waals surface area contributed by atoms with Gasteiger partial charge in [0.1, 0.15) is 6.61 Å². The van der Waals surface area contributed by atoms with Crippen LogP contribution in [0.3, 0.4) is 0 Å². The molecule has 0 atom stereocenters. The van der Waals surface area contributed by atoms with Gasteiger partial charge in [0.2, 0.25) is 0 Å². The smallest absolute Gasteiger partial charge is 0.414 e. The Morgan fingerprint density at radius 3 is 2.55 bits per heavy atom. The van der Waals surface area contributed by atoms with Crippen LogP contribution in [0.25, 0.3) is 11.1 Å². The van der Waals surface area contributed by atoms with E-state index in [1.54, 1.807) is 4.90 Å². The Labute approximate surface area is 130 Å². The number of carbonyl (C=O) groups excluding carboxylic acids is 1. The second-order valence-corrected chi connectivity index (χ2v) is 5.09. The maximum atomic E-state index is 11.7. The SMILES string of the molecule is C=C=C(Cc1ccccc1-c1ccccc1)N1CCOC1=O. The average molecular weight is 291 g/mol. The van der Waals surface area contributed by atoms with E-state index in [1.165, 1.54) is 0 Å². The van der Waals surface area contributed by atoms with Crippen LogP contribution >= 0.6 is 0 Å². The number of carbonyl (C=O) groups is 1. The lowest BCUT2D eigenvalue weighted by Crippen LogP contribution is -2.24. The van der Waals surface area contributed by atoms with Crippen LogP contribution in [0.1, 0.15) is 5.56 Å². The number of ether oxygens (including phenoxy) is 1. The Morgan fingerprint density at radius 2 is 1.86 bits per heavy atom. The van der Waals surface area contributed by atoms with E-state index in [9.17, 15) is 4.79 Å². The van der Waals surface area contributed by atoms with E-state index in [2.05, 4.69) is 36.6 Å². The van der Waals surface area contributed by atoms with Crippen molar-refractivity contribution in [3.63, 3.8) is 0 Å². The molecule has 2 aromatic rings. The van der Waals surface area contributed by atoms with E-state index < -0.39 is 0 Å². The number of cyclic esters (lactones) is 1. The van der Waals surface area contributed by atoms with Crippen molar-refractivity contribution in [3.8, 4) is 11.1 Å². The molecule has 0 aromatic heterocycles. The summed E-state index contributed by atoms with van der Waals surface area (Å²) < 4.78 is 5.00. The molecular weight excluding hydrogens is 274 g/mol. The van der Waals surface area contributed by atoms with Gasteiger partial charge in [0.15, 0.2) is 0 Å². The van der Waals surface area contributed by atoms with Gasteiger partial charge in [-0.1, -0.05) is 61.2 Å². The number of allylic oxidation sites excluding steroid dienone is 1. The molecule has 1 amide bonds. The standard InChI is InChI=1S/C19H17NO2/c1-2-17(20-12-13-22-19(20)21)14-16-10-6-7-11-18(16)15-8-4-3-5-9-15/h3-11H,1,12-14H2. The second kappa shape index (κ2) is 6.33. The van der Waals surface area contributed by atoms with Gasteiger partial charge in [-0.05, 0) is 16.7 Å². The summed E-state index contributed by atoms with van der Waals surface area (Å²) in [6.45, 7) is 4.71. The third-order valence-corrected chi connectivity index (χ3v) is 3.75. The first-order valence-electron chi connectivity index (χ1n) is 7.26. The lowest BCUT2D eigenvalue weighted by Gasteiger charge is -2.17. The molecule has 3 heteroatoms. The molecule has 1 aliphatic heterocycles. The van der Waals surface area contributed by atoms with Crippen molar-refractivity contribution in [2.45, 2.75) is 6.42 Å². The minimum Gasteiger partial charge on any atom is -0.447 e. The molecule has 2 aromatic carbocycles. The molecule has 3 nitrogen and oxygen atoms in total. The summed E-state index contributed by atoms with van der Waals surface area (Å²) >= 11 is 0. The fourth-order valence-corrected chi connectivity index (χ4v) is 2.65. The largest absolute Gasteiger partial charge is 0.447 e. The molecule has 22 heavy (non-hydrogen) atoms. The minimum absolute atomic E-state index is 0.316. The number of nitrogens with zero attached hydrogens (tertiary/aromatic N) is 1. The van der Waals surface area contributed by atoms with E-state index in [-0.39, 0.29) is 6.09 Å². The maximum Gasteiger partial charge on any atom is 0.414 e. The van der Waals surface area contributed by atoms with Gasteiger partial charge in [-0.15, -0.1) is 5.73 Å². The second-order valence-electron chi connectivity index (χ2n) is 5.09. The summed E-state index contributed by atoms with van der Waals surface area (Å²) in [6.07, 6.45) is 0.285. The van der Waals surface area contributed by atoms with Gasteiger partial charge in [0, 0.05) is 6.42 Å². The van der Waals surface area contributed by atoms with Crippen LogP contribution in [0.5, 0.6) is 0 Å². The van der Waals surface area contributed by atoms with Crippen LogP contribution in [-0.2, 0) is 11.2 Å². The zero-order valence-corrected chi connectivity index (χ0v) is 12.3. The highest BCUT2D eigenvalue weighted by Gasteiger charge is 2.25. The van der Waals surface area contributed by atoms with Crippen LogP contribution in [-0.4, -0.2) is 24.1 Å². The predicted octanol–water partition coefficient (Wildman–Crippen LogP) is 4.02. The number of hydrogen-bond acceptors (Lipinski definition) is 2. The molecule has 1 saturated heterocycles. The third kappa shape index (κ3) is 2.80. The van der Waals surface area contributed by atoms with E-state index in [1.807, 2.05) is 30.3 Å². The van der Waals surface area contributed by atoms with Crippen molar-refractivity contribution in [2.24, 2.45) is 0 Å². The third-order valence-electron chi connectivity index (χ3n) is 3.75. The number of hydrogen-bond donors (Lipinski definition) is 0. The van der Waals surface area contributed by atoms with Crippen molar-refractivity contribution in [2.75, 3.05) is 13.2 Å². The van der Waals surface area contributed by atoms with Crippen molar-refractivity contribution in [1.82, 2.24) is 4.90 Å². The molecule has 0 radical (unpaired) electrons. The van der Waals surface area contributed by atoms with Gasteiger partial charge in [0.05, 0.1) is 12.2 Å². The van der Waals surface area contributed by atoms with Gasteiger partial charge < -0.3 is 4.74 Å². The summed E-state index contributed by atoms with van der Waals surface area (Å²) in [7, 11) is 0. The van der Waals surface area contributed by atoms with Crippen molar-refractivity contribution in [1.29, 1.82) is 0 Å². The molecule has 0 aliphatic carbocycles. The molecule has 110 valence electrons. The van der Waals surface area contributed by atoms with Gasteiger partial charge >= 0.3 is 6.09 Å². The highest BCUT2D eigenvalue weighted by Crippen LogP contribution is 2.26. The Hall–Kier alpha value is -2.77. The summed E-state index contributed by atoms with van der Waals surface area (Å²) in [4.78, 5) is 13.3. The Bertz CT molecular complexity index is 730. The molecule has 0 saturated carbocycles. The van der Waals surface area contributed by atoms with Crippen molar-refractivity contribution in [3.05, 3.63) is 78.2 Å². The van der Waals surface area contributed by atoms with Crippen LogP contribution < -0.4 is 0 Å². The Morgan fingerprint density at radius 1 is 1.14 bits per heavy atom. The molecular formula is C19H17NO2. The summed E-state index contributed by atoms with van der Waals surface area (Å²) in [6, 6.07) is 18.4. The molecule has 0 spiro atoms. The predicted molar refractivity (Wildman–Crippen MR) is 86.3 cm³/mol. The van der Waals surface area contributed by atoms with Gasteiger partial charge in [-0.3, -0.25) is 4.90 Å². The van der Waals surface area contributed by atoms with Crippen LogP contribution in [0.4, 0.5) is 4.79 Å². The van der Waals surface area contributed by atoms with Gasteiger partial charge in [-0.25, -0.2) is 4.79 Å². The quantitative estimate of drug-likeness (QED) is 0.796. The summed E-state index contributed by atoms with van der Waals surface area (Å²) in [5.41, 5.74) is 7.10. The summed E-state index contributed by atoms with van der Waals surface area (Å²) in [5.74, 6) is 0. The first-order valence-corrected chi connectivity index (χ1v) is 7.26. The molecule has 1 heterocycles. The average Bonchev–Trinajstić information content (AvgIpc) is 3.00. The van der Waals surface area contributed by atoms with E-state index in [4.69, 9.17) is 4.74 Å². The van der Waals surface area contributed by atoms with E-state index in [0.29, 0.717) is 19.6 Å². The first-order chi connectivity index (χ1) is 10.8. The maximum absolute atomic E-state index is 11.7. The molecule has 1 fully saturated rings. The number of rotatable bonds is 4. The normalized spacial score (nSPS) is 13.6. The Kier molecular flexibility index (Phi) is 4.08. The summed E-state index contributed by atoms with van der Waals surface area (Å²) in [5, 5.41) is 0. The van der Waals surface area contributed by atoms with E-state index >= 15 is 0 Å². The molecule has 3 rings (SSSR count). The molecule has 0 bridgehead atoms. The highest BCUT2D eigenvalue weighted by atomic mass is 16.6. The molecule has 1 aliphatic rings. The zero-order chi connectivity index (χ0) is 15.4. The number of amides is 1. The minimum atomic E-state index is -0.316. The van der Waals surface area contributed by atoms with Crippen LogP contribution in [0, 0.1) is 0 Å². The Balaban J connectivity index is 1.93. The monoisotopic (exact) mass is 291 g/mol. The molecule has 0 N–H and O–H groups in total. The van der Waals surface area contributed by atoms with Crippen LogP contribution in [0.15, 0.2) is 72.6 Å². The van der Waals surface area contributed by atoms with Crippen LogP contribution in [0.2, 0.25) is 0 Å². The van der Waals surface area contributed by atoms with E-state index in [0.717, 1.165) is 22.4 Å². The van der Waals surface area contributed by atoms with Gasteiger partial charge in [0.25, 0.3) is 0 Å². The number of benzene rings is 2. The fraction of sp³-hybridized carbons (Fsp3) is 0.158. The highest BCUT2D eigenvalue weighted by molar-refractivity contribution is 5.72. The lowest BCUT2D eigenvalue weighted by molar-refractivity contribution is 0.164. The first kappa shape index (κ1) is 14.2. The zero-order valence-electron chi connectivity index (χ0n) is 12.3. The lowest BCUT2D eigenvalue weighted by atomic mass is 9.96. The van der Waals surface area contributed by atoms with Crippen molar-refractivity contribution >= 4 is 6.09 Å². The van der Waals surface area contributed by atoms with Crippen molar-refractivity contribution < 1.29 is 9.53 Å². The molecule has 0 unspecified atom stereocenters. The topological polar surface area (TPSA) is 29.5 Å². The fourth-order valence-electron chi connectivity index (χ4n) is 2.65. The van der Waals surface area contributed by atoms with Gasteiger partial charge in [-0.2, -0.15) is 0 Å².